The van der Waals surface area contributed by atoms with Gasteiger partial charge in [-0.2, -0.15) is 5.26 Å². The predicted molar refractivity (Wildman–Crippen MR) is 49.7 cm³/mol. The zero-order chi connectivity index (χ0) is 10.6. The summed E-state index contributed by atoms with van der Waals surface area (Å²) in [7, 11) is 0. The average Bonchev–Trinajstić information content (AvgIpc) is 2.18. The highest BCUT2D eigenvalue weighted by atomic mass is 16.4. The van der Waals surface area contributed by atoms with E-state index < -0.39 is 12.0 Å². The van der Waals surface area contributed by atoms with Gasteiger partial charge in [0.25, 0.3) is 0 Å². The van der Waals surface area contributed by atoms with Gasteiger partial charge in [-0.25, -0.2) is 4.98 Å². The minimum atomic E-state index is -0.974. The van der Waals surface area contributed by atoms with Crippen molar-refractivity contribution in [3.8, 4) is 6.07 Å². The first-order valence-electron chi connectivity index (χ1n) is 3.99. The van der Waals surface area contributed by atoms with Crippen molar-refractivity contribution in [3.05, 3.63) is 24.0 Å². The molecule has 0 amide bonds. The largest absolute Gasteiger partial charge is 0.480 e. The van der Waals surface area contributed by atoms with Crippen LogP contribution in [-0.2, 0) is 4.79 Å². The molecule has 0 aliphatic carbocycles. The summed E-state index contributed by atoms with van der Waals surface area (Å²) >= 11 is 0. The third kappa shape index (κ3) is 2.20. The molecule has 1 rings (SSSR count). The Kier molecular flexibility index (Phi) is 3.02. The lowest BCUT2D eigenvalue weighted by Gasteiger charge is -2.10. The van der Waals surface area contributed by atoms with E-state index in [0.29, 0.717) is 5.69 Å². The number of carboxylic acid groups (broad SMARTS) is 1. The highest BCUT2D eigenvalue weighted by Crippen LogP contribution is 2.11. The van der Waals surface area contributed by atoms with Crippen molar-refractivity contribution in [1.29, 1.82) is 5.26 Å². The van der Waals surface area contributed by atoms with Crippen LogP contribution in [0.2, 0.25) is 0 Å². The van der Waals surface area contributed by atoms with Crippen LogP contribution in [0.25, 0.3) is 0 Å². The molecular weight excluding hydrogens is 182 g/mol. The summed E-state index contributed by atoms with van der Waals surface area (Å²) in [5, 5.41) is 20.0. The number of carbonyl (C=O) groups is 1. The van der Waals surface area contributed by atoms with Crippen LogP contribution in [0.5, 0.6) is 0 Å². The minimum absolute atomic E-state index is 0.195. The number of nitrogens with zero attached hydrogens (tertiary/aromatic N) is 2. The fourth-order valence-corrected chi connectivity index (χ4v) is 0.906. The summed E-state index contributed by atoms with van der Waals surface area (Å²) in [4.78, 5) is 14.3. The van der Waals surface area contributed by atoms with E-state index in [1.165, 1.54) is 13.1 Å². The number of hydrogen-bond acceptors (Lipinski definition) is 4. The van der Waals surface area contributed by atoms with Gasteiger partial charge in [0.05, 0.1) is 5.69 Å². The molecule has 0 fully saturated rings. The van der Waals surface area contributed by atoms with Crippen molar-refractivity contribution in [2.45, 2.75) is 13.0 Å². The van der Waals surface area contributed by atoms with E-state index in [1.807, 2.05) is 6.07 Å². The fourth-order valence-electron chi connectivity index (χ4n) is 0.906. The zero-order valence-corrected chi connectivity index (χ0v) is 7.56. The van der Waals surface area contributed by atoms with Crippen molar-refractivity contribution < 1.29 is 9.90 Å². The Labute approximate surface area is 81.0 Å². The molecule has 72 valence electrons. The number of rotatable bonds is 3. The lowest BCUT2D eigenvalue weighted by Crippen LogP contribution is -2.25. The van der Waals surface area contributed by atoms with Gasteiger partial charge in [-0.05, 0) is 19.1 Å². The first kappa shape index (κ1) is 9.99. The highest BCUT2D eigenvalue weighted by molar-refractivity contribution is 5.77. The average molecular weight is 191 g/mol. The van der Waals surface area contributed by atoms with Gasteiger partial charge in [-0.3, -0.25) is 4.79 Å². The van der Waals surface area contributed by atoms with E-state index in [1.54, 1.807) is 12.1 Å². The van der Waals surface area contributed by atoms with Crippen molar-refractivity contribution in [2.24, 2.45) is 0 Å². The molecule has 1 aromatic heterocycles. The number of nitrogens with one attached hydrogen (secondary N) is 1. The molecule has 0 radical (unpaired) electrons. The summed E-state index contributed by atoms with van der Waals surface area (Å²) in [6.45, 7) is 1.50. The van der Waals surface area contributed by atoms with E-state index in [-0.39, 0.29) is 5.69 Å². The normalized spacial score (nSPS) is 11.4. The van der Waals surface area contributed by atoms with E-state index >= 15 is 0 Å². The molecule has 0 aliphatic rings. The molecule has 1 unspecified atom stereocenters. The summed E-state index contributed by atoms with van der Waals surface area (Å²) in [6.07, 6.45) is 1.48. The van der Waals surface area contributed by atoms with E-state index in [2.05, 4.69) is 10.3 Å². The first-order valence-corrected chi connectivity index (χ1v) is 3.99. The molecule has 1 heterocycles. The van der Waals surface area contributed by atoms with Gasteiger partial charge in [-0.1, -0.05) is 0 Å². The molecule has 14 heavy (non-hydrogen) atoms. The fraction of sp³-hybridized carbons (Fsp3) is 0.222. The number of hydrogen-bond donors (Lipinski definition) is 2. The summed E-state index contributed by atoms with van der Waals surface area (Å²) < 4.78 is 0. The SMILES string of the molecule is CC(Nc1cccnc1C#N)C(=O)O. The Morgan fingerprint density at radius 2 is 2.50 bits per heavy atom. The minimum Gasteiger partial charge on any atom is -0.480 e. The van der Waals surface area contributed by atoms with Gasteiger partial charge in [0, 0.05) is 6.20 Å². The second-order valence-corrected chi connectivity index (χ2v) is 2.72. The maximum Gasteiger partial charge on any atom is 0.325 e. The maximum absolute atomic E-state index is 10.5. The molecule has 1 atom stereocenters. The van der Waals surface area contributed by atoms with Crippen LogP contribution in [0.1, 0.15) is 12.6 Å². The molecule has 0 saturated carbocycles. The van der Waals surface area contributed by atoms with Gasteiger partial charge in [-0.15, -0.1) is 0 Å². The molecule has 0 aromatic carbocycles. The molecule has 5 nitrogen and oxygen atoms in total. The summed E-state index contributed by atoms with van der Waals surface area (Å²) in [5.41, 5.74) is 0.630. The number of anilines is 1. The van der Waals surface area contributed by atoms with Crippen LogP contribution >= 0.6 is 0 Å². The Bertz CT molecular complexity index is 384. The third-order valence-electron chi connectivity index (χ3n) is 1.66. The lowest BCUT2D eigenvalue weighted by molar-refractivity contribution is -0.137. The van der Waals surface area contributed by atoms with Crippen molar-refractivity contribution >= 4 is 11.7 Å². The van der Waals surface area contributed by atoms with Crippen LogP contribution in [0.4, 0.5) is 5.69 Å². The highest BCUT2D eigenvalue weighted by Gasteiger charge is 2.12. The monoisotopic (exact) mass is 191 g/mol. The second kappa shape index (κ2) is 4.23. The molecular formula is C9H9N3O2. The molecule has 0 bridgehead atoms. The number of carboxylic acids is 1. The van der Waals surface area contributed by atoms with Crippen LogP contribution < -0.4 is 5.32 Å². The van der Waals surface area contributed by atoms with Crippen molar-refractivity contribution in [1.82, 2.24) is 4.98 Å². The van der Waals surface area contributed by atoms with E-state index in [0.717, 1.165) is 0 Å². The van der Waals surface area contributed by atoms with Crippen LogP contribution in [-0.4, -0.2) is 22.1 Å². The number of pyridine rings is 1. The first-order chi connectivity index (χ1) is 6.65. The van der Waals surface area contributed by atoms with E-state index in [4.69, 9.17) is 10.4 Å². The standard InChI is InChI=1S/C9H9N3O2/c1-6(9(13)14)12-7-3-2-4-11-8(7)5-10/h2-4,6,12H,1H3,(H,13,14). The lowest BCUT2D eigenvalue weighted by atomic mass is 10.2. The Morgan fingerprint density at radius 1 is 1.79 bits per heavy atom. The molecule has 0 saturated heterocycles. The van der Waals surface area contributed by atoms with Crippen LogP contribution in [0.15, 0.2) is 18.3 Å². The second-order valence-electron chi connectivity index (χ2n) is 2.72. The predicted octanol–water partition coefficient (Wildman–Crippen LogP) is 0.838. The topological polar surface area (TPSA) is 86.0 Å². The van der Waals surface area contributed by atoms with Crippen molar-refractivity contribution in [2.75, 3.05) is 5.32 Å². The van der Waals surface area contributed by atoms with Crippen molar-refractivity contribution in [3.63, 3.8) is 0 Å². The molecule has 1 aromatic rings. The molecule has 0 spiro atoms. The van der Waals surface area contributed by atoms with Gasteiger partial charge in [0.2, 0.25) is 0 Å². The zero-order valence-electron chi connectivity index (χ0n) is 7.56. The quantitative estimate of drug-likeness (QED) is 0.739. The van der Waals surface area contributed by atoms with Gasteiger partial charge in [0.1, 0.15) is 12.1 Å². The number of aliphatic carboxylic acids is 1. The Hall–Kier alpha value is -2.09. The third-order valence-corrected chi connectivity index (χ3v) is 1.66. The maximum atomic E-state index is 10.5. The van der Waals surface area contributed by atoms with Crippen LogP contribution in [0, 0.1) is 11.3 Å². The van der Waals surface area contributed by atoms with Crippen LogP contribution in [0.3, 0.4) is 0 Å². The Balaban J connectivity index is 2.87. The van der Waals surface area contributed by atoms with Gasteiger partial charge >= 0.3 is 5.97 Å². The number of aromatic nitrogens is 1. The molecule has 2 N–H and O–H groups in total. The summed E-state index contributed by atoms with van der Waals surface area (Å²) in [6, 6.07) is 4.38. The molecule has 0 aliphatic heterocycles. The van der Waals surface area contributed by atoms with E-state index in [9.17, 15) is 4.79 Å². The summed E-state index contributed by atoms with van der Waals surface area (Å²) in [5.74, 6) is -0.974. The Morgan fingerprint density at radius 3 is 3.07 bits per heavy atom. The number of nitriles is 1. The smallest absolute Gasteiger partial charge is 0.325 e. The molecule has 5 heteroatoms. The van der Waals surface area contributed by atoms with Gasteiger partial charge < -0.3 is 10.4 Å². The van der Waals surface area contributed by atoms with Gasteiger partial charge in [0.15, 0.2) is 5.69 Å².